The van der Waals surface area contributed by atoms with Gasteiger partial charge in [-0.25, -0.2) is 8.42 Å². The van der Waals surface area contributed by atoms with E-state index in [-0.39, 0.29) is 24.2 Å². The topological polar surface area (TPSA) is 112 Å². The van der Waals surface area contributed by atoms with E-state index in [0.29, 0.717) is 4.31 Å². The van der Waals surface area contributed by atoms with Crippen molar-refractivity contribution in [3.63, 3.8) is 0 Å². The quantitative estimate of drug-likeness (QED) is 0.714. The van der Waals surface area contributed by atoms with Gasteiger partial charge in [-0.15, -0.1) is 0 Å². The van der Waals surface area contributed by atoms with Crippen molar-refractivity contribution in [1.82, 2.24) is 9.21 Å². The van der Waals surface area contributed by atoms with Crippen LogP contribution < -0.4 is 0 Å². The van der Waals surface area contributed by atoms with Crippen LogP contribution in [0.3, 0.4) is 0 Å². The highest BCUT2D eigenvalue weighted by Crippen LogP contribution is 2.22. The SMILES string of the molecule is CS(=O)(=O)N(CCN1C(=O)c2ccccc2C1=O)CC(=O)O. The average Bonchev–Trinajstić information content (AvgIpc) is 2.66. The summed E-state index contributed by atoms with van der Waals surface area (Å²) >= 11 is 0. The van der Waals surface area contributed by atoms with Crippen LogP contribution in [-0.2, 0) is 14.8 Å². The lowest BCUT2D eigenvalue weighted by molar-refractivity contribution is -0.137. The minimum atomic E-state index is -3.75. The Hall–Kier alpha value is -2.26. The van der Waals surface area contributed by atoms with Crippen molar-refractivity contribution in [3.8, 4) is 0 Å². The minimum Gasteiger partial charge on any atom is -0.480 e. The molecular formula is C13H14N2O6S. The minimum absolute atomic E-state index is 0.202. The molecular weight excluding hydrogens is 312 g/mol. The van der Waals surface area contributed by atoms with Crippen molar-refractivity contribution in [2.45, 2.75) is 0 Å². The van der Waals surface area contributed by atoms with Crippen LogP contribution in [0.25, 0.3) is 0 Å². The van der Waals surface area contributed by atoms with Crippen LogP contribution in [0.2, 0.25) is 0 Å². The predicted molar refractivity (Wildman–Crippen MR) is 75.9 cm³/mol. The molecule has 1 aromatic rings. The van der Waals surface area contributed by atoms with Gasteiger partial charge in [0.1, 0.15) is 6.54 Å². The number of nitrogens with zero attached hydrogens (tertiary/aromatic N) is 2. The summed E-state index contributed by atoms with van der Waals surface area (Å²) in [6.45, 7) is -1.19. The molecule has 22 heavy (non-hydrogen) atoms. The third kappa shape index (κ3) is 3.15. The molecule has 1 aliphatic heterocycles. The molecule has 1 aliphatic rings. The summed E-state index contributed by atoms with van der Waals surface area (Å²) in [5.41, 5.74) is 0.522. The van der Waals surface area contributed by atoms with Crippen LogP contribution in [0.15, 0.2) is 24.3 Å². The molecule has 0 bridgehead atoms. The standard InChI is InChI=1S/C13H14N2O6S/c1-22(20,21)14(8-11(16)17)6-7-15-12(18)9-4-2-3-5-10(9)13(15)19/h2-5H,6-8H2,1H3,(H,16,17). The molecule has 0 aliphatic carbocycles. The maximum absolute atomic E-state index is 12.1. The molecule has 0 saturated carbocycles. The van der Waals surface area contributed by atoms with E-state index in [0.717, 1.165) is 11.2 Å². The van der Waals surface area contributed by atoms with E-state index in [9.17, 15) is 22.8 Å². The van der Waals surface area contributed by atoms with Crippen LogP contribution in [0.1, 0.15) is 20.7 Å². The van der Waals surface area contributed by atoms with Crippen LogP contribution in [0.5, 0.6) is 0 Å². The number of carbonyl (C=O) groups is 3. The first-order chi connectivity index (χ1) is 10.2. The lowest BCUT2D eigenvalue weighted by Crippen LogP contribution is -2.42. The Morgan fingerprint density at radius 1 is 1.18 bits per heavy atom. The van der Waals surface area contributed by atoms with Gasteiger partial charge < -0.3 is 5.11 Å². The van der Waals surface area contributed by atoms with Crippen molar-refractivity contribution in [2.75, 3.05) is 25.9 Å². The molecule has 0 atom stereocenters. The van der Waals surface area contributed by atoms with Gasteiger partial charge in [-0.2, -0.15) is 4.31 Å². The number of imide groups is 1. The summed E-state index contributed by atoms with van der Waals surface area (Å²) < 4.78 is 23.8. The van der Waals surface area contributed by atoms with Gasteiger partial charge in [0.15, 0.2) is 0 Å². The Morgan fingerprint density at radius 3 is 2.09 bits per heavy atom. The first kappa shape index (κ1) is 16.1. The first-order valence-electron chi connectivity index (χ1n) is 6.34. The van der Waals surface area contributed by atoms with Crippen molar-refractivity contribution in [1.29, 1.82) is 0 Å². The Labute approximate surface area is 127 Å². The number of rotatable bonds is 6. The summed E-state index contributed by atoms with van der Waals surface area (Å²) in [6, 6.07) is 6.28. The van der Waals surface area contributed by atoms with Crippen LogP contribution in [0, 0.1) is 0 Å². The van der Waals surface area contributed by atoms with Gasteiger partial charge >= 0.3 is 5.97 Å². The normalized spacial score (nSPS) is 14.5. The number of hydrogen-bond donors (Lipinski definition) is 1. The largest absolute Gasteiger partial charge is 0.480 e. The van der Waals surface area contributed by atoms with Gasteiger partial charge in [0.25, 0.3) is 11.8 Å². The maximum atomic E-state index is 12.1. The third-order valence-electron chi connectivity index (χ3n) is 3.23. The number of benzene rings is 1. The second-order valence-electron chi connectivity index (χ2n) is 4.80. The molecule has 0 saturated heterocycles. The van der Waals surface area contributed by atoms with E-state index in [1.54, 1.807) is 12.1 Å². The highest BCUT2D eigenvalue weighted by atomic mass is 32.2. The summed E-state index contributed by atoms with van der Waals surface area (Å²) in [4.78, 5) is 35.9. The van der Waals surface area contributed by atoms with Crippen molar-refractivity contribution >= 4 is 27.8 Å². The van der Waals surface area contributed by atoms with Gasteiger partial charge in [-0.3, -0.25) is 19.3 Å². The molecule has 8 nitrogen and oxygen atoms in total. The van der Waals surface area contributed by atoms with E-state index in [2.05, 4.69) is 0 Å². The summed E-state index contributed by atoms with van der Waals surface area (Å²) in [6.07, 6.45) is 0.873. The van der Waals surface area contributed by atoms with Gasteiger partial charge in [0, 0.05) is 13.1 Å². The molecule has 0 fully saturated rings. The molecule has 9 heteroatoms. The Balaban J connectivity index is 2.14. The summed E-state index contributed by atoms with van der Waals surface area (Å²) in [7, 11) is -3.75. The maximum Gasteiger partial charge on any atom is 0.318 e. The number of fused-ring (bicyclic) bond motifs is 1. The number of sulfonamides is 1. The second-order valence-corrected chi connectivity index (χ2v) is 6.78. The van der Waals surface area contributed by atoms with E-state index >= 15 is 0 Å². The lowest BCUT2D eigenvalue weighted by atomic mass is 10.1. The van der Waals surface area contributed by atoms with Crippen LogP contribution >= 0.6 is 0 Å². The monoisotopic (exact) mass is 326 g/mol. The zero-order valence-electron chi connectivity index (χ0n) is 11.7. The smallest absolute Gasteiger partial charge is 0.318 e. The average molecular weight is 326 g/mol. The Morgan fingerprint density at radius 2 is 1.68 bits per heavy atom. The molecule has 2 rings (SSSR count). The predicted octanol–water partition coefficient (Wildman–Crippen LogP) is -0.371. The van der Waals surface area contributed by atoms with E-state index < -0.39 is 34.4 Å². The summed E-state index contributed by atoms with van der Waals surface area (Å²) in [5, 5.41) is 8.73. The van der Waals surface area contributed by atoms with Gasteiger partial charge in [-0.05, 0) is 12.1 Å². The number of carboxylic acid groups (broad SMARTS) is 1. The molecule has 0 spiro atoms. The van der Waals surface area contributed by atoms with Crippen molar-refractivity contribution < 1.29 is 27.9 Å². The molecule has 0 radical (unpaired) electrons. The molecule has 1 heterocycles. The molecule has 0 aromatic heterocycles. The fraction of sp³-hybridized carbons (Fsp3) is 0.308. The van der Waals surface area contributed by atoms with Crippen molar-refractivity contribution in [2.24, 2.45) is 0 Å². The zero-order chi connectivity index (χ0) is 16.5. The first-order valence-corrected chi connectivity index (χ1v) is 8.19. The van der Waals surface area contributed by atoms with E-state index in [4.69, 9.17) is 5.11 Å². The number of amides is 2. The number of aliphatic carboxylic acids is 1. The van der Waals surface area contributed by atoms with Crippen LogP contribution in [0.4, 0.5) is 0 Å². The number of carbonyl (C=O) groups excluding carboxylic acids is 2. The third-order valence-corrected chi connectivity index (χ3v) is 4.48. The highest BCUT2D eigenvalue weighted by Gasteiger charge is 2.35. The number of carboxylic acids is 1. The molecule has 1 aromatic carbocycles. The van der Waals surface area contributed by atoms with Crippen LogP contribution in [-0.4, -0.2) is 66.4 Å². The van der Waals surface area contributed by atoms with Crippen molar-refractivity contribution in [3.05, 3.63) is 35.4 Å². The Kier molecular flexibility index (Phi) is 4.29. The second kappa shape index (κ2) is 5.85. The molecule has 0 unspecified atom stereocenters. The molecule has 118 valence electrons. The fourth-order valence-corrected chi connectivity index (χ4v) is 2.92. The molecule has 2 amide bonds. The number of hydrogen-bond acceptors (Lipinski definition) is 5. The summed E-state index contributed by atoms with van der Waals surface area (Å²) in [5.74, 6) is -2.33. The highest BCUT2D eigenvalue weighted by molar-refractivity contribution is 7.88. The molecule has 1 N–H and O–H groups in total. The fourth-order valence-electron chi connectivity index (χ4n) is 2.17. The zero-order valence-corrected chi connectivity index (χ0v) is 12.5. The van der Waals surface area contributed by atoms with Gasteiger partial charge in [-0.1, -0.05) is 12.1 Å². The lowest BCUT2D eigenvalue weighted by Gasteiger charge is -2.21. The Bertz CT molecular complexity index is 708. The van der Waals surface area contributed by atoms with E-state index in [1.807, 2.05) is 0 Å². The van der Waals surface area contributed by atoms with E-state index in [1.165, 1.54) is 12.1 Å². The van der Waals surface area contributed by atoms with Gasteiger partial charge in [0.2, 0.25) is 10.0 Å². The van der Waals surface area contributed by atoms with Gasteiger partial charge in [0.05, 0.1) is 17.4 Å².